The second kappa shape index (κ2) is 6.86. The van der Waals surface area contributed by atoms with Gasteiger partial charge >= 0.3 is 0 Å². The van der Waals surface area contributed by atoms with E-state index >= 15 is 0 Å². The van der Waals surface area contributed by atoms with Gasteiger partial charge in [-0.1, -0.05) is 13.3 Å². The Hall–Kier alpha value is -2.00. The lowest BCUT2D eigenvalue weighted by Gasteiger charge is -2.34. The van der Waals surface area contributed by atoms with Gasteiger partial charge in [0, 0.05) is 18.0 Å². The SMILES string of the molecule is CCCc1cnc2c(O[C@@H]3OCC(O)[C@H](O)C3O)cccn2c1=O. The van der Waals surface area contributed by atoms with E-state index in [-0.39, 0.29) is 17.9 Å². The van der Waals surface area contributed by atoms with Crippen LogP contribution in [0.3, 0.4) is 0 Å². The molecule has 0 spiro atoms. The number of ether oxygens (including phenoxy) is 2. The second-order valence-corrected chi connectivity index (χ2v) is 5.77. The number of aliphatic hydroxyl groups is 3. The van der Waals surface area contributed by atoms with Gasteiger partial charge in [-0.15, -0.1) is 0 Å². The van der Waals surface area contributed by atoms with Crippen molar-refractivity contribution in [2.75, 3.05) is 6.61 Å². The summed E-state index contributed by atoms with van der Waals surface area (Å²) in [7, 11) is 0. The molecule has 2 aromatic rings. The van der Waals surface area contributed by atoms with Crippen molar-refractivity contribution in [3.05, 3.63) is 40.4 Å². The molecule has 0 aromatic carbocycles. The Morgan fingerprint density at radius 1 is 1.38 bits per heavy atom. The van der Waals surface area contributed by atoms with Crippen molar-refractivity contribution in [1.82, 2.24) is 9.38 Å². The van der Waals surface area contributed by atoms with Crippen LogP contribution in [-0.4, -0.2) is 55.9 Å². The lowest BCUT2D eigenvalue weighted by Crippen LogP contribution is -2.54. The number of pyridine rings is 1. The standard InChI is InChI=1S/C16H20N2O6/c1-2-4-9-7-17-14-11(5-3-6-18(14)15(9)22)24-16-13(21)12(20)10(19)8-23-16/h3,5-7,10,12-13,16,19-21H,2,4,8H2,1H3/t10?,12-,13?,16-/m0/s1. The van der Waals surface area contributed by atoms with Gasteiger partial charge < -0.3 is 24.8 Å². The van der Waals surface area contributed by atoms with Crippen LogP contribution in [0.25, 0.3) is 5.65 Å². The molecule has 24 heavy (non-hydrogen) atoms. The predicted molar refractivity (Wildman–Crippen MR) is 83.8 cm³/mol. The summed E-state index contributed by atoms with van der Waals surface area (Å²) in [6.45, 7) is 1.82. The summed E-state index contributed by atoms with van der Waals surface area (Å²) in [6.07, 6.45) is -0.550. The van der Waals surface area contributed by atoms with Crippen LogP contribution < -0.4 is 10.3 Å². The number of nitrogens with zero attached hydrogens (tertiary/aromatic N) is 2. The van der Waals surface area contributed by atoms with Gasteiger partial charge in [0.25, 0.3) is 5.56 Å². The van der Waals surface area contributed by atoms with Crippen LogP contribution in [0.15, 0.2) is 29.3 Å². The summed E-state index contributed by atoms with van der Waals surface area (Å²) in [4.78, 5) is 16.7. The minimum Gasteiger partial charge on any atom is -0.458 e. The van der Waals surface area contributed by atoms with Gasteiger partial charge in [-0.2, -0.15) is 0 Å². The van der Waals surface area contributed by atoms with Gasteiger partial charge in [0.2, 0.25) is 6.29 Å². The lowest BCUT2D eigenvalue weighted by molar-refractivity contribution is -0.241. The van der Waals surface area contributed by atoms with Crippen molar-refractivity contribution in [1.29, 1.82) is 0 Å². The summed E-state index contributed by atoms with van der Waals surface area (Å²) in [6, 6.07) is 3.22. The highest BCUT2D eigenvalue weighted by Gasteiger charge is 2.39. The summed E-state index contributed by atoms with van der Waals surface area (Å²) in [5.74, 6) is 0.241. The largest absolute Gasteiger partial charge is 0.458 e. The molecule has 0 amide bonds. The van der Waals surface area contributed by atoms with E-state index in [1.54, 1.807) is 18.3 Å². The average molecular weight is 336 g/mol. The maximum atomic E-state index is 12.4. The molecular formula is C16H20N2O6. The Morgan fingerprint density at radius 2 is 2.17 bits per heavy atom. The summed E-state index contributed by atoms with van der Waals surface area (Å²) < 4.78 is 12.2. The van der Waals surface area contributed by atoms with E-state index in [4.69, 9.17) is 9.47 Å². The summed E-state index contributed by atoms with van der Waals surface area (Å²) in [5.41, 5.74) is 0.728. The zero-order chi connectivity index (χ0) is 17.3. The predicted octanol–water partition coefficient (Wildman–Crippen LogP) is -0.535. The lowest BCUT2D eigenvalue weighted by atomic mass is 10.1. The normalized spacial score (nSPS) is 27.3. The molecule has 1 aliphatic heterocycles. The highest BCUT2D eigenvalue weighted by atomic mass is 16.7. The third-order valence-electron chi connectivity index (χ3n) is 3.98. The van der Waals surface area contributed by atoms with Gasteiger partial charge in [0.1, 0.15) is 18.3 Å². The molecule has 0 bridgehead atoms. The molecule has 0 saturated carbocycles. The molecular weight excluding hydrogens is 316 g/mol. The van der Waals surface area contributed by atoms with Crippen LogP contribution in [0.2, 0.25) is 0 Å². The first-order valence-corrected chi connectivity index (χ1v) is 7.84. The van der Waals surface area contributed by atoms with Crippen molar-refractivity contribution in [2.45, 2.75) is 44.4 Å². The fourth-order valence-electron chi connectivity index (χ4n) is 2.66. The van der Waals surface area contributed by atoms with Crippen LogP contribution in [0.1, 0.15) is 18.9 Å². The van der Waals surface area contributed by atoms with Gasteiger partial charge in [0.15, 0.2) is 11.4 Å². The smallest absolute Gasteiger partial charge is 0.261 e. The number of rotatable bonds is 4. The van der Waals surface area contributed by atoms with E-state index in [1.165, 1.54) is 10.6 Å². The molecule has 0 aliphatic carbocycles. The Labute approximate surface area is 137 Å². The monoisotopic (exact) mass is 336 g/mol. The number of hydrogen-bond donors (Lipinski definition) is 3. The second-order valence-electron chi connectivity index (χ2n) is 5.77. The zero-order valence-corrected chi connectivity index (χ0v) is 13.2. The van der Waals surface area contributed by atoms with Crippen molar-refractivity contribution >= 4 is 5.65 Å². The molecule has 2 unspecified atom stereocenters. The van der Waals surface area contributed by atoms with Crippen LogP contribution >= 0.6 is 0 Å². The molecule has 4 atom stereocenters. The number of aromatic nitrogens is 2. The van der Waals surface area contributed by atoms with Crippen LogP contribution in [0.5, 0.6) is 5.75 Å². The van der Waals surface area contributed by atoms with Gasteiger partial charge in [-0.3, -0.25) is 9.20 Å². The molecule has 1 saturated heterocycles. The van der Waals surface area contributed by atoms with Gasteiger partial charge in [0.05, 0.1) is 6.61 Å². The Morgan fingerprint density at radius 3 is 2.92 bits per heavy atom. The summed E-state index contributed by atoms with van der Waals surface area (Å²) >= 11 is 0. The molecule has 8 heteroatoms. The van der Waals surface area contributed by atoms with E-state index < -0.39 is 24.6 Å². The molecule has 1 aliphatic rings. The highest BCUT2D eigenvalue weighted by molar-refractivity contribution is 5.53. The first kappa shape index (κ1) is 16.8. The quantitative estimate of drug-likeness (QED) is 0.687. The first-order chi connectivity index (χ1) is 11.5. The molecule has 2 aromatic heterocycles. The topological polar surface area (TPSA) is 114 Å². The van der Waals surface area contributed by atoms with Crippen molar-refractivity contribution in [3.63, 3.8) is 0 Å². The van der Waals surface area contributed by atoms with E-state index in [2.05, 4.69) is 4.98 Å². The zero-order valence-electron chi connectivity index (χ0n) is 13.2. The number of fused-ring (bicyclic) bond motifs is 1. The molecule has 3 rings (SSSR count). The molecule has 3 N–H and O–H groups in total. The van der Waals surface area contributed by atoms with Crippen molar-refractivity contribution < 1.29 is 24.8 Å². The molecule has 1 fully saturated rings. The average Bonchev–Trinajstić information content (AvgIpc) is 2.58. The molecule has 130 valence electrons. The summed E-state index contributed by atoms with van der Waals surface area (Å²) in [5, 5.41) is 29.2. The van der Waals surface area contributed by atoms with E-state index in [9.17, 15) is 20.1 Å². The van der Waals surface area contributed by atoms with E-state index in [0.29, 0.717) is 17.6 Å². The Bertz CT molecular complexity index is 777. The third kappa shape index (κ3) is 3.01. The maximum Gasteiger partial charge on any atom is 0.261 e. The van der Waals surface area contributed by atoms with Gasteiger partial charge in [-0.25, -0.2) is 4.98 Å². The Kier molecular flexibility index (Phi) is 4.81. The Balaban J connectivity index is 1.93. The van der Waals surface area contributed by atoms with Crippen LogP contribution in [0.4, 0.5) is 0 Å². The molecule has 3 heterocycles. The van der Waals surface area contributed by atoms with Crippen molar-refractivity contribution in [3.8, 4) is 5.75 Å². The van der Waals surface area contributed by atoms with Crippen molar-refractivity contribution in [2.24, 2.45) is 0 Å². The minimum atomic E-state index is -1.42. The highest BCUT2D eigenvalue weighted by Crippen LogP contribution is 2.23. The minimum absolute atomic E-state index is 0.165. The van der Waals surface area contributed by atoms with Gasteiger partial charge in [-0.05, 0) is 18.6 Å². The fourth-order valence-corrected chi connectivity index (χ4v) is 2.66. The number of aryl methyl sites for hydroxylation is 1. The fraction of sp³-hybridized carbons (Fsp3) is 0.500. The number of aliphatic hydroxyl groups excluding tert-OH is 3. The molecule has 8 nitrogen and oxygen atoms in total. The number of hydrogen-bond acceptors (Lipinski definition) is 7. The van der Waals surface area contributed by atoms with E-state index in [0.717, 1.165) is 6.42 Å². The van der Waals surface area contributed by atoms with Crippen LogP contribution in [0, 0.1) is 0 Å². The maximum absolute atomic E-state index is 12.4. The third-order valence-corrected chi connectivity index (χ3v) is 3.98. The molecule has 0 radical (unpaired) electrons. The van der Waals surface area contributed by atoms with Crippen LogP contribution in [-0.2, 0) is 11.2 Å². The van der Waals surface area contributed by atoms with E-state index in [1.807, 2.05) is 6.92 Å². The first-order valence-electron chi connectivity index (χ1n) is 7.84.